The largest absolute Gasteiger partial charge is 0.497 e. The van der Waals surface area contributed by atoms with E-state index in [2.05, 4.69) is 20.8 Å². The van der Waals surface area contributed by atoms with Crippen LogP contribution in [-0.4, -0.2) is 50.0 Å². The average molecular weight is 504 g/mol. The Balaban J connectivity index is 1.56. The maximum absolute atomic E-state index is 12.6. The lowest BCUT2D eigenvalue weighted by atomic mass is 10.1. The smallest absolute Gasteiger partial charge is 0.238 e. The van der Waals surface area contributed by atoms with Crippen LogP contribution in [0.5, 0.6) is 5.75 Å². The highest BCUT2D eigenvalue weighted by molar-refractivity contribution is 8.15. The van der Waals surface area contributed by atoms with Crippen molar-refractivity contribution in [1.82, 2.24) is 10.6 Å². The molecule has 0 radical (unpaired) electrons. The van der Waals surface area contributed by atoms with Gasteiger partial charge in [0.2, 0.25) is 21.8 Å². The van der Waals surface area contributed by atoms with Gasteiger partial charge in [0.05, 0.1) is 23.0 Å². The molecule has 180 valence electrons. The summed E-state index contributed by atoms with van der Waals surface area (Å²) >= 11 is 1.14. The van der Waals surface area contributed by atoms with Gasteiger partial charge in [0, 0.05) is 13.0 Å². The Hall–Kier alpha value is -3.22. The Labute approximate surface area is 202 Å². The zero-order chi connectivity index (χ0) is 24.7. The van der Waals surface area contributed by atoms with Crippen LogP contribution in [0.2, 0.25) is 0 Å². The summed E-state index contributed by atoms with van der Waals surface area (Å²) < 4.78 is 27.8. The quantitative estimate of drug-likeness (QED) is 0.366. The third-order valence-electron chi connectivity index (χ3n) is 4.93. The van der Waals surface area contributed by atoms with Crippen molar-refractivity contribution >= 4 is 44.5 Å². The minimum Gasteiger partial charge on any atom is -0.497 e. The fourth-order valence-electron chi connectivity index (χ4n) is 3.04. The number of methoxy groups -OCH3 is 1. The lowest BCUT2D eigenvalue weighted by molar-refractivity contribution is -0.125. The van der Waals surface area contributed by atoms with E-state index in [1.807, 2.05) is 24.3 Å². The van der Waals surface area contributed by atoms with Crippen LogP contribution < -0.4 is 20.5 Å². The highest BCUT2D eigenvalue weighted by atomic mass is 32.2. The summed E-state index contributed by atoms with van der Waals surface area (Å²) in [6.45, 7) is 2.12. The number of nitrogens with one attached hydrogen (secondary N) is 2. The Morgan fingerprint density at radius 3 is 2.50 bits per heavy atom. The molecule has 4 N–H and O–H groups in total. The normalized spacial score (nSPS) is 17.9. The van der Waals surface area contributed by atoms with Crippen molar-refractivity contribution in [2.45, 2.75) is 29.9 Å². The molecule has 12 heteroatoms. The van der Waals surface area contributed by atoms with E-state index in [9.17, 15) is 18.0 Å². The number of ether oxygens (including phenoxy) is 1. The number of primary sulfonamides is 1. The molecule has 1 aliphatic rings. The summed E-state index contributed by atoms with van der Waals surface area (Å²) in [5.74, 6) is 0.130. The van der Waals surface area contributed by atoms with Crippen molar-refractivity contribution in [1.29, 1.82) is 0 Å². The van der Waals surface area contributed by atoms with Gasteiger partial charge in [0.15, 0.2) is 5.17 Å². The van der Waals surface area contributed by atoms with Crippen LogP contribution in [0, 0.1) is 0 Å². The van der Waals surface area contributed by atoms with Gasteiger partial charge in [-0.3, -0.25) is 9.59 Å². The van der Waals surface area contributed by atoms with Gasteiger partial charge < -0.3 is 15.4 Å². The van der Waals surface area contributed by atoms with Crippen LogP contribution >= 0.6 is 11.8 Å². The standard InChI is InChI=1S/C22H25N5O5S2/c1-14(16-5-7-17(32-2)8-6-16)26-27-22-25-20(28)13-19(33-22)21(29)24-12-11-15-3-9-18(10-4-15)34(23,30)31/h3-10,19H,11-13H2,1-2H3,(H,24,29)(H2,23,30,31)(H,25,27,28). The van der Waals surface area contributed by atoms with Gasteiger partial charge in [-0.2, -0.15) is 5.10 Å². The number of carbonyl (C=O) groups excluding carboxylic acids is 2. The monoisotopic (exact) mass is 503 g/mol. The first-order chi connectivity index (χ1) is 16.2. The number of hydrogen-bond acceptors (Lipinski definition) is 8. The van der Waals surface area contributed by atoms with Gasteiger partial charge in [0.25, 0.3) is 0 Å². The summed E-state index contributed by atoms with van der Waals surface area (Å²) in [4.78, 5) is 24.7. The van der Waals surface area contributed by atoms with Crippen molar-refractivity contribution < 1.29 is 22.7 Å². The number of nitrogens with two attached hydrogens (primary N) is 1. The fourth-order valence-corrected chi connectivity index (χ4v) is 4.51. The molecule has 1 unspecified atom stereocenters. The van der Waals surface area contributed by atoms with E-state index in [1.165, 1.54) is 12.1 Å². The number of rotatable bonds is 8. The van der Waals surface area contributed by atoms with Crippen molar-refractivity contribution in [3.05, 3.63) is 59.7 Å². The lowest BCUT2D eigenvalue weighted by Gasteiger charge is -2.21. The first kappa shape index (κ1) is 25.4. The van der Waals surface area contributed by atoms with E-state index in [4.69, 9.17) is 9.88 Å². The van der Waals surface area contributed by atoms with Gasteiger partial charge in [-0.15, -0.1) is 5.10 Å². The lowest BCUT2D eigenvalue weighted by Crippen LogP contribution is -2.44. The maximum atomic E-state index is 12.6. The highest BCUT2D eigenvalue weighted by Crippen LogP contribution is 2.21. The van der Waals surface area contributed by atoms with Crippen molar-refractivity contribution in [3.8, 4) is 5.75 Å². The van der Waals surface area contributed by atoms with Crippen LogP contribution in [0.15, 0.2) is 63.6 Å². The molecule has 2 aromatic rings. The molecule has 0 spiro atoms. The second-order valence-electron chi connectivity index (χ2n) is 7.41. The molecule has 10 nitrogen and oxygen atoms in total. The first-order valence-electron chi connectivity index (χ1n) is 10.3. The summed E-state index contributed by atoms with van der Waals surface area (Å²) in [7, 11) is -2.15. The molecule has 2 aromatic carbocycles. The SMILES string of the molecule is COc1ccc(C(C)=N/N=C2/NC(=O)CC(C(=O)NCCc3ccc(S(N)(=O)=O)cc3)S2)cc1. The van der Waals surface area contributed by atoms with Crippen LogP contribution in [0.3, 0.4) is 0 Å². The Morgan fingerprint density at radius 2 is 1.88 bits per heavy atom. The molecule has 3 rings (SSSR count). The van der Waals surface area contributed by atoms with Crippen LogP contribution in [0.25, 0.3) is 0 Å². The second-order valence-corrected chi connectivity index (χ2v) is 10.2. The molecule has 0 bridgehead atoms. The molecular formula is C22H25N5O5S2. The van der Waals surface area contributed by atoms with Gasteiger partial charge in [0.1, 0.15) is 5.75 Å². The topological polar surface area (TPSA) is 152 Å². The van der Waals surface area contributed by atoms with E-state index in [0.717, 1.165) is 28.6 Å². The third kappa shape index (κ3) is 7.14. The van der Waals surface area contributed by atoms with E-state index in [0.29, 0.717) is 18.7 Å². The number of amidine groups is 1. The molecular weight excluding hydrogens is 478 g/mol. The Bertz CT molecular complexity index is 1210. The van der Waals surface area contributed by atoms with Crippen molar-refractivity contribution in [2.75, 3.05) is 13.7 Å². The molecule has 34 heavy (non-hydrogen) atoms. The third-order valence-corrected chi connectivity index (χ3v) is 6.93. The first-order valence-corrected chi connectivity index (χ1v) is 12.7. The molecule has 1 fully saturated rings. The van der Waals surface area contributed by atoms with E-state index in [-0.39, 0.29) is 28.3 Å². The van der Waals surface area contributed by atoms with Crippen molar-refractivity contribution in [2.24, 2.45) is 15.3 Å². The van der Waals surface area contributed by atoms with E-state index in [1.54, 1.807) is 26.2 Å². The van der Waals surface area contributed by atoms with E-state index < -0.39 is 15.3 Å². The predicted octanol–water partition coefficient (Wildman–Crippen LogP) is 1.40. The molecule has 0 saturated carbocycles. The Kier molecular flexibility index (Phi) is 8.42. The highest BCUT2D eigenvalue weighted by Gasteiger charge is 2.30. The molecule has 1 heterocycles. The fraction of sp³-hybridized carbons (Fsp3) is 0.273. The number of amides is 2. The molecule has 0 aromatic heterocycles. The maximum Gasteiger partial charge on any atom is 0.238 e. The molecule has 2 amide bonds. The minimum absolute atomic E-state index is 0.0275. The average Bonchev–Trinajstić information content (AvgIpc) is 2.82. The van der Waals surface area contributed by atoms with Crippen LogP contribution in [-0.2, 0) is 26.0 Å². The Morgan fingerprint density at radius 1 is 1.21 bits per heavy atom. The molecule has 1 atom stereocenters. The predicted molar refractivity (Wildman–Crippen MR) is 131 cm³/mol. The van der Waals surface area contributed by atoms with Crippen molar-refractivity contribution in [3.63, 3.8) is 0 Å². The second kappa shape index (κ2) is 11.3. The summed E-state index contributed by atoms with van der Waals surface area (Å²) in [6.07, 6.45) is 0.520. The number of hydrogen-bond donors (Lipinski definition) is 3. The van der Waals surface area contributed by atoms with Crippen LogP contribution in [0.4, 0.5) is 0 Å². The van der Waals surface area contributed by atoms with E-state index >= 15 is 0 Å². The van der Waals surface area contributed by atoms with Gasteiger partial charge in [-0.25, -0.2) is 13.6 Å². The van der Waals surface area contributed by atoms with Crippen LogP contribution in [0.1, 0.15) is 24.5 Å². The zero-order valence-electron chi connectivity index (χ0n) is 18.6. The number of carbonyl (C=O) groups is 2. The molecule has 1 saturated heterocycles. The number of benzene rings is 2. The van der Waals surface area contributed by atoms with Gasteiger partial charge in [-0.05, 0) is 60.9 Å². The molecule has 1 aliphatic heterocycles. The number of thioether (sulfide) groups is 1. The summed E-state index contributed by atoms with van der Waals surface area (Å²) in [5, 5.41) is 18.4. The summed E-state index contributed by atoms with van der Waals surface area (Å²) in [6, 6.07) is 13.5. The van der Waals surface area contributed by atoms with Gasteiger partial charge in [-0.1, -0.05) is 23.9 Å². The number of nitrogens with zero attached hydrogens (tertiary/aromatic N) is 2. The minimum atomic E-state index is -3.74. The van der Waals surface area contributed by atoms with Gasteiger partial charge >= 0.3 is 0 Å². The number of sulfonamides is 1. The zero-order valence-corrected chi connectivity index (χ0v) is 20.3. The summed E-state index contributed by atoms with van der Waals surface area (Å²) in [5.41, 5.74) is 2.33. The molecule has 0 aliphatic carbocycles.